The van der Waals surface area contributed by atoms with Crippen LogP contribution in [0.1, 0.15) is 65.7 Å². The van der Waals surface area contributed by atoms with Crippen molar-refractivity contribution in [3.05, 3.63) is 0 Å². The van der Waals surface area contributed by atoms with Gasteiger partial charge in [-0.05, 0) is 59.4 Å². The van der Waals surface area contributed by atoms with Crippen LogP contribution in [0.4, 0.5) is 0 Å². The normalized spacial score (nSPS) is 36.5. The molecule has 2 heterocycles. The van der Waals surface area contributed by atoms with Crippen molar-refractivity contribution in [3.63, 3.8) is 0 Å². The second-order valence-electron chi connectivity index (χ2n) is 6.45. The fraction of sp³-hybridized carbons (Fsp3) is 1.00. The molecule has 0 amide bonds. The summed E-state index contributed by atoms with van der Waals surface area (Å²) in [6.45, 7) is 8.26. The van der Waals surface area contributed by atoms with E-state index < -0.39 is 0 Å². The smallest absolute Gasteiger partial charge is 0.0218 e. The molecule has 4 atom stereocenters. The van der Waals surface area contributed by atoms with Crippen LogP contribution < -0.4 is 10.7 Å². The minimum atomic E-state index is 0.587. The van der Waals surface area contributed by atoms with E-state index in [1.54, 1.807) is 0 Å². The molecule has 3 nitrogen and oxygen atoms in total. The Bertz CT molecular complexity index is 228. The van der Waals surface area contributed by atoms with Crippen molar-refractivity contribution in [1.29, 1.82) is 0 Å². The Balaban J connectivity index is 1.76. The molecule has 0 aromatic carbocycles. The molecule has 0 aromatic rings. The summed E-state index contributed by atoms with van der Waals surface area (Å²) in [4.78, 5) is 0. The number of hydrazine groups is 1. The molecular formula is C15H31N3. The van der Waals surface area contributed by atoms with E-state index in [0.717, 1.165) is 6.04 Å². The van der Waals surface area contributed by atoms with E-state index in [2.05, 4.69) is 36.5 Å². The Morgan fingerprint density at radius 2 is 1.83 bits per heavy atom. The van der Waals surface area contributed by atoms with Crippen LogP contribution in [0.5, 0.6) is 0 Å². The highest BCUT2D eigenvalue weighted by Gasteiger charge is 2.26. The Hall–Kier alpha value is -0.120. The van der Waals surface area contributed by atoms with Crippen LogP contribution in [0.2, 0.25) is 0 Å². The van der Waals surface area contributed by atoms with Crippen LogP contribution in [0, 0.1) is 0 Å². The maximum absolute atomic E-state index is 3.76. The van der Waals surface area contributed by atoms with E-state index in [1.165, 1.54) is 51.5 Å². The number of hydrogen-bond acceptors (Lipinski definition) is 3. The minimum Gasteiger partial charge on any atom is -0.314 e. The molecule has 2 N–H and O–H groups in total. The monoisotopic (exact) mass is 253 g/mol. The van der Waals surface area contributed by atoms with Crippen molar-refractivity contribution in [3.8, 4) is 0 Å². The summed E-state index contributed by atoms with van der Waals surface area (Å²) >= 11 is 0. The standard InChI is InChI=1S/C15H31N3/c1-12(11-15-9-4-5-10-16-15)17-18-13(2)7-6-8-14(18)3/h12-17H,4-11H2,1-3H3. The van der Waals surface area contributed by atoms with Gasteiger partial charge < -0.3 is 5.32 Å². The zero-order valence-corrected chi connectivity index (χ0v) is 12.4. The van der Waals surface area contributed by atoms with Crippen LogP contribution in [0.25, 0.3) is 0 Å². The Kier molecular flexibility index (Phi) is 5.46. The molecule has 106 valence electrons. The number of piperidine rings is 2. The summed E-state index contributed by atoms with van der Waals surface area (Å²) in [5, 5.41) is 6.16. The second-order valence-corrected chi connectivity index (χ2v) is 6.45. The summed E-state index contributed by atoms with van der Waals surface area (Å²) in [6, 6.07) is 2.70. The van der Waals surface area contributed by atoms with Gasteiger partial charge in [0.2, 0.25) is 0 Å². The van der Waals surface area contributed by atoms with Gasteiger partial charge in [0.25, 0.3) is 0 Å². The van der Waals surface area contributed by atoms with Crippen molar-refractivity contribution in [1.82, 2.24) is 15.8 Å². The molecule has 0 aromatic heterocycles. The van der Waals surface area contributed by atoms with Crippen LogP contribution >= 0.6 is 0 Å². The summed E-state index contributed by atoms with van der Waals surface area (Å²) < 4.78 is 0. The maximum atomic E-state index is 3.76. The van der Waals surface area contributed by atoms with Gasteiger partial charge >= 0.3 is 0 Å². The quantitative estimate of drug-likeness (QED) is 0.806. The van der Waals surface area contributed by atoms with Crippen molar-refractivity contribution in [2.75, 3.05) is 6.54 Å². The van der Waals surface area contributed by atoms with E-state index in [9.17, 15) is 0 Å². The highest BCUT2D eigenvalue weighted by Crippen LogP contribution is 2.21. The molecule has 0 saturated carbocycles. The minimum absolute atomic E-state index is 0.587. The molecule has 3 heteroatoms. The van der Waals surface area contributed by atoms with Gasteiger partial charge in [-0.2, -0.15) is 0 Å². The number of nitrogens with one attached hydrogen (secondary N) is 2. The van der Waals surface area contributed by atoms with E-state index in [0.29, 0.717) is 18.1 Å². The molecule has 2 fully saturated rings. The third-order valence-electron chi connectivity index (χ3n) is 4.61. The van der Waals surface area contributed by atoms with Crippen molar-refractivity contribution in [2.45, 2.75) is 89.9 Å². The Morgan fingerprint density at radius 3 is 2.44 bits per heavy atom. The number of rotatable bonds is 4. The molecule has 0 spiro atoms. The van der Waals surface area contributed by atoms with Crippen molar-refractivity contribution < 1.29 is 0 Å². The average molecular weight is 253 g/mol. The molecular weight excluding hydrogens is 222 g/mol. The summed E-state index contributed by atoms with van der Waals surface area (Å²) in [6.07, 6.45) is 9.45. The van der Waals surface area contributed by atoms with Crippen LogP contribution in [0.3, 0.4) is 0 Å². The zero-order chi connectivity index (χ0) is 13.0. The van der Waals surface area contributed by atoms with Gasteiger partial charge in [-0.25, -0.2) is 5.01 Å². The van der Waals surface area contributed by atoms with Crippen molar-refractivity contribution in [2.24, 2.45) is 0 Å². The van der Waals surface area contributed by atoms with Gasteiger partial charge in [0, 0.05) is 24.2 Å². The van der Waals surface area contributed by atoms with Crippen molar-refractivity contribution >= 4 is 0 Å². The Labute approximate surface area is 113 Å². The van der Waals surface area contributed by atoms with Gasteiger partial charge in [0.05, 0.1) is 0 Å². The lowest BCUT2D eigenvalue weighted by Gasteiger charge is -2.41. The molecule has 4 unspecified atom stereocenters. The first-order valence-electron chi connectivity index (χ1n) is 7.94. The van der Waals surface area contributed by atoms with Crippen LogP contribution in [-0.2, 0) is 0 Å². The summed E-state index contributed by atoms with van der Waals surface area (Å²) in [7, 11) is 0. The molecule has 0 radical (unpaired) electrons. The second kappa shape index (κ2) is 6.88. The lowest BCUT2D eigenvalue weighted by molar-refractivity contribution is 0.0288. The molecule has 2 rings (SSSR count). The average Bonchev–Trinajstić information content (AvgIpc) is 2.35. The van der Waals surface area contributed by atoms with Gasteiger partial charge in [-0.1, -0.05) is 12.8 Å². The third-order valence-corrected chi connectivity index (χ3v) is 4.61. The highest BCUT2D eigenvalue weighted by molar-refractivity contribution is 4.81. The SMILES string of the molecule is CC(CC1CCCCN1)NN1C(C)CCCC1C. The van der Waals surface area contributed by atoms with Crippen LogP contribution in [-0.4, -0.2) is 35.7 Å². The largest absolute Gasteiger partial charge is 0.314 e. The number of hydrogen-bond donors (Lipinski definition) is 2. The van der Waals surface area contributed by atoms with E-state index in [4.69, 9.17) is 0 Å². The molecule has 18 heavy (non-hydrogen) atoms. The first-order valence-corrected chi connectivity index (χ1v) is 7.94. The summed E-state index contributed by atoms with van der Waals surface area (Å²) in [5.41, 5.74) is 3.76. The predicted octanol–water partition coefficient (Wildman–Crippen LogP) is 2.67. The van der Waals surface area contributed by atoms with Gasteiger partial charge in [0.1, 0.15) is 0 Å². The molecule has 2 saturated heterocycles. The molecule has 2 aliphatic rings. The maximum Gasteiger partial charge on any atom is 0.0218 e. The Morgan fingerprint density at radius 1 is 1.11 bits per heavy atom. The summed E-state index contributed by atoms with van der Waals surface area (Å²) in [5.74, 6) is 0. The van der Waals surface area contributed by atoms with Gasteiger partial charge in [-0.3, -0.25) is 5.43 Å². The molecule has 0 bridgehead atoms. The highest BCUT2D eigenvalue weighted by atomic mass is 15.5. The fourth-order valence-corrected chi connectivity index (χ4v) is 3.53. The molecule has 0 aliphatic carbocycles. The fourth-order valence-electron chi connectivity index (χ4n) is 3.53. The third kappa shape index (κ3) is 3.94. The lowest BCUT2D eigenvalue weighted by atomic mass is 9.98. The van der Waals surface area contributed by atoms with Gasteiger partial charge in [-0.15, -0.1) is 0 Å². The van der Waals surface area contributed by atoms with E-state index in [1.807, 2.05) is 0 Å². The number of nitrogens with zero attached hydrogens (tertiary/aromatic N) is 1. The lowest BCUT2D eigenvalue weighted by Crippen LogP contribution is -2.55. The zero-order valence-electron chi connectivity index (χ0n) is 12.4. The van der Waals surface area contributed by atoms with E-state index >= 15 is 0 Å². The van der Waals surface area contributed by atoms with Gasteiger partial charge in [0.15, 0.2) is 0 Å². The van der Waals surface area contributed by atoms with E-state index in [-0.39, 0.29) is 0 Å². The predicted molar refractivity (Wildman–Crippen MR) is 77.5 cm³/mol. The topological polar surface area (TPSA) is 27.3 Å². The first kappa shape index (κ1) is 14.3. The molecule has 2 aliphatic heterocycles. The first-order chi connectivity index (χ1) is 8.66. The van der Waals surface area contributed by atoms with Crippen LogP contribution in [0.15, 0.2) is 0 Å².